The summed E-state index contributed by atoms with van der Waals surface area (Å²) < 4.78 is 5.07. The Bertz CT molecular complexity index is 513. The van der Waals surface area contributed by atoms with Crippen molar-refractivity contribution in [3.63, 3.8) is 0 Å². The van der Waals surface area contributed by atoms with E-state index in [0.29, 0.717) is 12.3 Å². The molecule has 128 valence electrons. The van der Waals surface area contributed by atoms with Crippen molar-refractivity contribution < 1.29 is 23.9 Å². The molecule has 0 saturated carbocycles. The summed E-state index contributed by atoms with van der Waals surface area (Å²) in [5, 5.41) is 13.7. The first-order chi connectivity index (χ1) is 10.9. The minimum absolute atomic E-state index is 0.122. The summed E-state index contributed by atoms with van der Waals surface area (Å²) >= 11 is 0. The highest BCUT2D eigenvalue weighted by atomic mass is 16.4. The number of nitrogens with zero attached hydrogens (tertiary/aromatic N) is 1. The Morgan fingerprint density at radius 2 is 2.04 bits per heavy atom. The molecule has 0 aliphatic heterocycles. The summed E-state index contributed by atoms with van der Waals surface area (Å²) in [5.74, 6) is -0.460. The number of hydrogen-bond acceptors (Lipinski definition) is 4. The minimum atomic E-state index is -0.962. The van der Waals surface area contributed by atoms with Gasteiger partial charge in [-0.05, 0) is 18.1 Å². The van der Waals surface area contributed by atoms with E-state index >= 15 is 0 Å². The van der Waals surface area contributed by atoms with Gasteiger partial charge >= 0.3 is 12.0 Å². The Labute approximate surface area is 134 Å². The zero-order valence-electron chi connectivity index (χ0n) is 13.4. The summed E-state index contributed by atoms with van der Waals surface area (Å²) in [6.45, 7) is 4.48. The number of aliphatic carboxylic acids is 1. The molecule has 3 N–H and O–H groups in total. The van der Waals surface area contributed by atoms with Crippen molar-refractivity contribution in [3.05, 3.63) is 24.2 Å². The molecule has 0 atom stereocenters. The maximum atomic E-state index is 12.1. The summed E-state index contributed by atoms with van der Waals surface area (Å²) in [7, 11) is 0. The molecule has 0 unspecified atom stereocenters. The number of rotatable bonds is 9. The van der Waals surface area contributed by atoms with Gasteiger partial charge < -0.3 is 25.1 Å². The lowest BCUT2D eigenvalue weighted by atomic mass is 10.2. The molecule has 8 heteroatoms. The molecule has 0 aliphatic rings. The van der Waals surface area contributed by atoms with E-state index in [4.69, 9.17) is 9.52 Å². The second kappa shape index (κ2) is 9.50. The average Bonchev–Trinajstić information content (AvgIpc) is 2.99. The molecule has 0 fully saturated rings. The predicted octanol–water partition coefficient (Wildman–Crippen LogP) is 1.04. The molecule has 0 radical (unpaired) electrons. The van der Waals surface area contributed by atoms with Crippen LogP contribution in [0.15, 0.2) is 22.8 Å². The summed E-state index contributed by atoms with van der Waals surface area (Å²) in [6, 6.07) is 2.95. The molecule has 1 heterocycles. The molecule has 23 heavy (non-hydrogen) atoms. The van der Waals surface area contributed by atoms with Crippen LogP contribution in [0.2, 0.25) is 0 Å². The van der Waals surface area contributed by atoms with Crippen LogP contribution in [0.3, 0.4) is 0 Å². The normalized spacial score (nSPS) is 10.4. The van der Waals surface area contributed by atoms with Gasteiger partial charge in [0.2, 0.25) is 5.91 Å². The zero-order chi connectivity index (χ0) is 17.2. The Balaban J connectivity index is 2.37. The van der Waals surface area contributed by atoms with Gasteiger partial charge in [0.05, 0.1) is 25.8 Å². The van der Waals surface area contributed by atoms with Crippen molar-refractivity contribution in [1.82, 2.24) is 15.5 Å². The fourth-order valence-corrected chi connectivity index (χ4v) is 1.90. The first-order valence-corrected chi connectivity index (χ1v) is 7.42. The monoisotopic (exact) mass is 325 g/mol. The molecular formula is C15H23N3O5. The third-order valence-corrected chi connectivity index (χ3v) is 2.94. The largest absolute Gasteiger partial charge is 0.481 e. The van der Waals surface area contributed by atoms with Gasteiger partial charge in [-0.1, -0.05) is 13.8 Å². The molecule has 0 aromatic carbocycles. The van der Waals surface area contributed by atoms with E-state index in [1.165, 1.54) is 11.2 Å². The predicted molar refractivity (Wildman–Crippen MR) is 82.6 cm³/mol. The van der Waals surface area contributed by atoms with Crippen LogP contribution in [0.4, 0.5) is 4.79 Å². The standard InChI is InChI=1S/C15H23N3O5/c1-11(2)10-18(6-5-14(20)21)13(19)9-17-15(22)16-8-12-4-3-7-23-12/h3-4,7,11H,5-6,8-10H2,1-2H3,(H,20,21)(H2,16,17,22). The lowest BCUT2D eigenvalue weighted by molar-refractivity contribution is -0.138. The Morgan fingerprint density at radius 1 is 1.30 bits per heavy atom. The van der Waals surface area contributed by atoms with Crippen LogP contribution >= 0.6 is 0 Å². The van der Waals surface area contributed by atoms with E-state index in [9.17, 15) is 14.4 Å². The highest BCUT2D eigenvalue weighted by Crippen LogP contribution is 2.01. The first-order valence-electron chi connectivity index (χ1n) is 7.42. The third-order valence-electron chi connectivity index (χ3n) is 2.94. The van der Waals surface area contributed by atoms with E-state index in [-0.39, 0.29) is 37.9 Å². The molecule has 0 saturated heterocycles. The lowest BCUT2D eigenvalue weighted by Crippen LogP contribution is -2.45. The number of amides is 3. The molecule has 0 aliphatic carbocycles. The maximum Gasteiger partial charge on any atom is 0.315 e. The van der Waals surface area contributed by atoms with Gasteiger partial charge in [0, 0.05) is 13.1 Å². The fourth-order valence-electron chi connectivity index (χ4n) is 1.90. The van der Waals surface area contributed by atoms with Crippen LogP contribution < -0.4 is 10.6 Å². The van der Waals surface area contributed by atoms with Gasteiger partial charge in [0.25, 0.3) is 0 Å². The van der Waals surface area contributed by atoms with Gasteiger partial charge in [-0.3, -0.25) is 9.59 Å². The Kier molecular flexibility index (Phi) is 7.65. The summed E-state index contributed by atoms with van der Waals surface area (Å²) in [4.78, 5) is 35.8. The van der Waals surface area contributed by atoms with Crippen molar-refractivity contribution in [2.45, 2.75) is 26.8 Å². The number of nitrogens with one attached hydrogen (secondary N) is 2. The number of carboxylic acid groups (broad SMARTS) is 1. The van der Waals surface area contributed by atoms with Crippen molar-refractivity contribution >= 4 is 17.9 Å². The van der Waals surface area contributed by atoms with E-state index in [0.717, 1.165) is 0 Å². The Morgan fingerprint density at radius 3 is 2.61 bits per heavy atom. The molecule has 3 amide bonds. The van der Waals surface area contributed by atoms with Crippen LogP contribution in [-0.4, -0.2) is 47.5 Å². The van der Waals surface area contributed by atoms with Gasteiger partial charge in [-0.25, -0.2) is 4.79 Å². The van der Waals surface area contributed by atoms with Crippen LogP contribution in [0.5, 0.6) is 0 Å². The summed E-state index contributed by atoms with van der Waals surface area (Å²) in [6.07, 6.45) is 1.38. The quantitative estimate of drug-likeness (QED) is 0.628. The molecule has 1 aromatic rings. The van der Waals surface area contributed by atoms with Gasteiger partial charge in [-0.2, -0.15) is 0 Å². The van der Waals surface area contributed by atoms with Crippen molar-refractivity contribution in [2.24, 2.45) is 5.92 Å². The van der Waals surface area contributed by atoms with Crippen molar-refractivity contribution in [2.75, 3.05) is 19.6 Å². The number of carboxylic acids is 1. The Hall–Kier alpha value is -2.51. The van der Waals surface area contributed by atoms with Gasteiger partial charge in [-0.15, -0.1) is 0 Å². The third kappa shape index (κ3) is 7.89. The molecule has 1 rings (SSSR count). The molecular weight excluding hydrogens is 302 g/mol. The maximum absolute atomic E-state index is 12.1. The second-order valence-electron chi connectivity index (χ2n) is 5.49. The SMILES string of the molecule is CC(C)CN(CCC(=O)O)C(=O)CNC(=O)NCc1ccco1. The molecule has 0 bridgehead atoms. The van der Waals surface area contributed by atoms with E-state index in [1.54, 1.807) is 12.1 Å². The van der Waals surface area contributed by atoms with Crippen LogP contribution in [0, 0.1) is 5.92 Å². The van der Waals surface area contributed by atoms with Crippen LogP contribution in [0.1, 0.15) is 26.0 Å². The van der Waals surface area contributed by atoms with Crippen LogP contribution in [-0.2, 0) is 16.1 Å². The first kappa shape index (κ1) is 18.5. The molecule has 1 aromatic heterocycles. The molecule has 8 nitrogen and oxygen atoms in total. The molecule has 0 spiro atoms. The summed E-state index contributed by atoms with van der Waals surface area (Å²) in [5.41, 5.74) is 0. The highest BCUT2D eigenvalue weighted by molar-refractivity contribution is 5.84. The lowest BCUT2D eigenvalue weighted by Gasteiger charge is -2.24. The van der Waals surface area contributed by atoms with Crippen molar-refractivity contribution in [3.8, 4) is 0 Å². The number of carbonyl (C=O) groups is 3. The van der Waals surface area contributed by atoms with Gasteiger partial charge in [0.15, 0.2) is 0 Å². The average molecular weight is 325 g/mol. The smallest absolute Gasteiger partial charge is 0.315 e. The highest BCUT2D eigenvalue weighted by Gasteiger charge is 2.16. The number of carbonyl (C=O) groups excluding carboxylic acids is 2. The topological polar surface area (TPSA) is 112 Å². The van der Waals surface area contributed by atoms with Gasteiger partial charge in [0.1, 0.15) is 5.76 Å². The van der Waals surface area contributed by atoms with E-state index in [2.05, 4.69) is 10.6 Å². The van der Waals surface area contributed by atoms with Crippen LogP contribution in [0.25, 0.3) is 0 Å². The zero-order valence-corrected chi connectivity index (χ0v) is 13.4. The van der Waals surface area contributed by atoms with E-state index in [1.807, 2.05) is 13.8 Å². The number of furan rings is 1. The fraction of sp³-hybridized carbons (Fsp3) is 0.533. The number of urea groups is 1. The van der Waals surface area contributed by atoms with Crippen molar-refractivity contribution in [1.29, 1.82) is 0 Å². The second-order valence-corrected chi connectivity index (χ2v) is 5.49. The number of hydrogen-bond donors (Lipinski definition) is 3. The van der Waals surface area contributed by atoms with E-state index < -0.39 is 12.0 Å². The minimum Gasteiger partial charge on any atom is -0.481 e.